The first kappa shape index (κ1) is 14.2. The van der Waals surface area contributed by atoms with Crippen molar-refractivity contribution in [3.63, 3.8) is 0 Å². The van der Waals surface area contributed by atoms with Gasteiger partial charge in [-0.05, 0) is 51.2 Å². The highest BCUT2D eigenvalue weighted by Gasteiger charge is 2.40. The van der Waals surface area contributed by atoms with E-state index < -0.39 is 5.97 Å². The predicted molar refractivity (Wildman–Crippen MR) is 75.5 cm³/mol. The molecule has 114 valence electrons. The molecule has 2 atom stereocenters. The maximum atomic E-state index is 12.7. The zero-order valence-corrected chi connectivity index (χ0v) is 12.2. The van der Waals surface area contributed by atoms with Gasteiger partial charge in [0.2, 0.25) is 5.91 Å². The molecule has 2 saturated carbocycles. The van der Waals surface area contributed by atoms with Crippen LogP contribution in [0.5, 0.6) is 0 Å². The van der Waals surface area contributed by atoms with Gasteiger partial charge in [0.1, 0.15) is 11.5 Å². The third kappa shape index (κ3) is 3.12. The van der Waals surface area contributed by atoms with Crippen molar-refractivity contribution in [3.05, 3.63) is 23.7 Å². The van der Waals surface area contributed by atoms with E-state index in [0.29, 0.717) is 31.8 Å². The van der Waals surface area contributed by atoms with Crippen LogP contribution in [0.15, 0.2) is 16.5 Å². The van der Waals surface area contributed by atoms with Crippen molar-refractivity contribution in [1.29, 1.82) is 0 Å². The smallest absolute Gasteiger partial charge is 0.306 e. The van der Waals surface area contributed by atoms with Crippen molar-refractivity contribution in [2.75, 3.05) is 0 Å². The number of aliphatic carboxylic acids is 1. The second kappa shape index (κ2) is 5.54. The van der Waals surface area contributed by atoms with Gasteiger partial charge in [-0.15, -0.1) is 0 Å². The van der Waals surface area contributed by atoms with E-state index in [9.17, 15) is 9.59 Å². The second-order valence-electron chi connectivity index (χ2n) is 6.25. The zero-order chi connectivity index (χ0) is 15.0. The van der Waals surface area contributed by atoms with Gasteiger partial charge in [0.15, 0.2) is 0 Å². The van der Waals surface area contributed by atoms with Crippen LogP contribution in [0.3, 0.4) is 0 Å². The number of aryl methyl sites for hydroxylation is 1. The number of nitrogens with zero attached hydrogens (tertiary/aromatic N) is 1. The van der Waals surface area contributed by atoms with Crippen molar-refractivity contribution >= 4 is 11.9 Å². The molecule has 5 heteroatoms. The Morgan fingerprint density at radius 3 is 2.48 bits per heavy atom. The van der Waals surface area contributed by atoms with E-state index >= 15 is 0 Å². The molecule has 0 aromatic carbocycles. The quantitative estimate of drug-likeness (QED) is 0.905. The lowest BCUT2D eigenvalue weighted by molar-refractivity contribution is -0.141. The monoisotopic (exact) mass is 291 g/mol. The fourth-order valence-corrected chi connectivity index (χ4v) is 3.18. The summed E-state index contributed by atoms with van der Waals surface area (Å²) in [6.45, 7) is 2.40. The normalized spacial score (nSPS) is 25.0. The van der Waals surface area contributed by atoms with E-state index in [-0.39, 0.29) is 17.7 Å². The van der Waals surface area contributed by atoms with Gasteiger partial charge >= 0.3 is 5.97 Å². The number of carbonyl (C=O) groups excluding carboxylic acids is 1. The Morgan fingerprint density at radius 1 is 1.24 bits per heavy atom. The molecule has 1 amide bonds. The third-order valence-electron chi connectivity index (χ3n) is 4.52. The molecule has 0 unspecified atom stereocenters. The van der Waals surface area contributed by atoms with E-state index in [0.717, 1.165) is 24.4 Å². The average Bonchev–Trinajstić information content (AvgIpc) is 3.00. The molecule has 21 heavy (non-hydrogen) atoms. The molecule has 1 heterocycles. The fourth-order valence-electron chi connectivity index (χ4n) is 3.18. The Labute approximate surface area is 123 Å². The summed E-state index contributed by atoms with van der Waals surface area (Å²) >= 11 is 0. The molecular weight excluding hydrogens is 270 g/mol. The summed E-state index contributed by atoms with van der Waals surface area (Å²) in [5, 5.41) is 9.07. The molecule has 5 nitrogen and oxygen atoms in total. The number of hydrogen-bond acceptors (Lipinski definition) is 3. The lowest BCUT2D eigenvalue weighted by Crippen LogP contribution is -2.36. The number of hydrogen-bond donors (Lipinski definition) is 1. The van der Waals surface area contributed by atoms with Gasteiger partial charge < -0.3 is 14.4 Å². The first-order chi connectivity index (χ1) is 10.0. The summed E-state index contributed by atoms with van der Waals surface area (Å²) < 4.78 is 5.58. The summed E-state index contributed by atoms with van der Waals surface area (Å²) in [6.07, 6.45) is 3.87. The highest BCUT2D eigenvalue weighted by Crippen LogP contribution is 2.36. The Kier molecular flexibility index (Phi) is 3.74. The van der Waals surface area contributed by atoms with E-state index in [2.05, 4.69) is 0 Å². The van der Waals surface area contributed by atoms with Crippen molar-refractivity contribution in [1.82, 2.24) is 4.90 Å². The first-order valence-electron chi connectivity index (χ1n) is 7.63. The fraction of sp³-hybridized carbons (Fsp3) is 0.625. The van der Waals surface area contributed by atoms with Crippen LogP contribution in [-0.2, 0) is 16.1 Å². The number of carboxylic acids is 1. The van der Waals surface area contributed by atoms with E-state index in [1.807, 2.05) is 24.0 Å². The van der Waals surface area contributed by atoms with Crippen LogP contribution in [0.4, 0.5) is 0 Å². The van der Waals surface area contributed by atoms with Crippen LogP contribution in [0.1, 0.15) is 43.6 Å². The van der Waals surface area contributed by atoms with Crippen LogP contribution in [0, 0.1) is 18.8 Å². The number of carbonyl (C=O) groups is 2. The number of amides is 1. The zero-order valence-electron chi connectivity index (χ0n) is 12.2. The summed E-state index contributed by atoms with van der Waals surface area (Å²) in [7, 11) is 0. The maximum absolute atomic E-state index is 12.7. The Hall–Kier alpha value is -1.78. The molecule has 3 rings (SSSR count). The summed E-state index contributed by atoms with van der Waals surface area (Å²) in [4.78, 5) is 25.6. The van der Waals surface area contributed by atoms with E-state index in [1.54, 1.807) is 0 Å². The second-order valence-corrected chi connectivity index (χ2v) is 6.25. The molecular formula is C16H21NO4. The van der Waals surface area contributed by atoms with E-state index in [1.165, 1.54) is 0 Å². The van der Waals surface area contributed by atoms with Gasteiger partial charge in [0, 0.05) is 12.0 Å². The van der Waals surface area contributed by atoms with Gasteiger partial charge in [-0.2, -0.15) is 0 Å². The minimum atomic E-state index is -0.773. The summed E-state index contributed by atoms with van der Waals surface area (Å²) in [5.41, 5.74) is 0. The molecule has 1 aromatic rings. The van der Waals surface area contributed by atoms with E-state index in [4.69, 9.17) is 9.52 Å². The highest BCUT2D eigenvalue weighted by atomic mass is 16.4. The minimum Gasteiger partial charge on any atom is -0.481 e. The van der Waals surface area contributed by atoms with Crippen LogP contribution in [0.25, 0.3) is 0 Å². The van der Waals surface area contributed by atoms with Crippen LogP contribution in [0.2, 0.25) is 0 Å². The minimum absolute atomic E-state index is 0.107. The van der Waals surface area contributed by atoms with Gasteiger partial charge in [0.25, 0.3) is 0 Å². The molecule has 2 aliphatic rings. The first-order valence-corrected chi connectivity index (χ1v) is 7.63. The third-order valence-corrected chi connectivity index (χ3v) is 4.52. The largest absolute Gasteiger partial charge is 0.481 e. The average molecular weight is 291 g/mol. The molecule has 0 aliphatic heterocycles. The topological polar surface area (TPSA) is 70.8 Å². The van der Waals surface area contributed by atoms with Crippen LogP contribution < -0.4 is 0 Å². The molecule has 0 radical (unpaired) electrons. The van der Waals surface area contributed by atoms with Crippen molar-refractivity contribution < 1.29 is 19.1 Å². The van der Waals surface area contributed by atoms with Crippen LogP contribution in [-0.4, -0.2) is 27.9 Å². The summed E-state index contributed by atoms with van der Waals surface area (Å²) in [6, 6.07) is 4.12. The molecule has 2 fully saturated rings. The molecule has 1 N–H and O–H groups in total. The number of carboxylic acid groups (broad SMARTS) is 1. The molecule has 0 spiro atoms. The Bertz CT molecular complexity index is 546. The number of furan rings is 1. The molecule has 0 bridgehead atoms. The van der Waals surface area contributed by atoms with Crippen LogP contribution >= 0.6 is 0 Å². The highest BCUT2D eigenvalue weighted by molar-refractivity contribution is 5.81. The van der Waals surface area contributed by atoms with Crippen molar-refractivity contribution in [2.45, 2.75) is 51.6 Å². The van der Waals surface area contributed by atoms with Crippen molar-refractivity contribution in [2.24, 2.45) is 11.8 Å². The van der Waals surface area contributed by atoms with Gasteiger partial charge in [-0.3, -0.25) is 9.59 Å². The summed E-state index contributed by atoms with van der Waals surface area (Å²) in [5.74, 6) is 0.495. The predicted octanol–water partition coefficient (Wildman–Crippen LogP) is 2.58. The van der Waals surface area contributed by atoms with Gasteiger partial charge in [-0.1, -0.05) is 0 Å². The van der Waals surface area contributed by atoms with Gasteiger partial charge in [-0.25, -0.2) is 0 Å². The van der Waals surface area contributed by atoms with Gasteiger partial charge in [0.05, 0.1) is 12.5 Å². The lowest BCUT2D eigenvalue weighted by atomic mass is 10.0. The SMILES string of the molecule is Cc1ccc(CN(C(=O)[C@@H]2CC[C@H](C(=O)O)C2)C2CC2)o1. The molecule has 2 aliphatic carbocycles. The van der Waals surface area contributed by atoms with Crippen molar-refractivity contribution in [3.8, 4) is 0 Å². The standard InChI is InChI=1S/C16H21NO4/c1-10-2-7-14(21-10)9-17(13-5-6-13)15(18)11-3-4-12(8-11)16(19)20/h2,7,11-13H,3-6,8-9H2,1H3,(H,19,20)/t11-,12+/m1/s1. The Balaban J connectivity index is 1.66. The number of rotatable bonds is 5. The lowest BCUT2D eigenvalue weighted by Gasteiger charge is -2.24. The molecule has 0 saturated heterocycles. The molecule has 1 aromatic heterocycles. The Morgan fingerprint density at radius 2 is 1.95 bits per heavy atom. The maximum Gasteiger partial charge on any atom is 0.306 e.